The van der Waals surface area contributed by atoms with E-state index in [-0.39, 0.29) is 12.1 Å². The van der Waals surface area contributed by atoms with Gasteiger partial charge < -0.3 is 19.7 Å². The third kappa shape index (κ3) is 3.86. The molecule has 0 radical (unpaired) electrons. The van der Waals surface area contributed by atoms with Gasteiger partial charge in [-0.25, -0.2) is 4.98 Å². The molecule has 0 saturated carbocycles. The number of methoxy groups -OCH3 is 2. The topological polar surface area (TPSA) is 63.7 Å². The molecule has 6 nitrogen and oxygen atoms in total. The summed E-state index contributed by atoms with van der Waals surface area (Å²) in [6.07, 6.45) is -0.346. The largest absolute Gasteiger partial charge is 0.497 e. The summed E-state index contributed by atoms with van der Waals surface area (Å²) in [5.41, 5.74) is 4.35. The maximum atomic E-state index is 13.1. The summed E-state index contributed by atoms with van der Waals surface area (Å²) in [4.78, 5) is 20.1. The normalized spacial score (nSPS) is 15.5. The molecule has 1 N–H and O–H groups in total. The fraction of sp³-hybridized carbons (Fsp3) is 0.250. The number of amides is 1. The van der Waals surface area contributed by atoms with Crippen molar-refractivity contribution < 1.29 is 14.3 Å². The number of carbonyl (C=O) groups excluding carboxylic acids is 1. The highest BCUT2D eigenvalue weighted by atomic mass is 16.5. The van der Waals surface area contributed by atoms with Crippen LogP contribution in [0.1, 0.15) is 38.9 Å². The van der Waals surface area contributed by atoms with Gasteiger partial charge in [-0.05, 0) is 41.8 Å². The summed E-state index contributed by atoms with van der Waals surface area (Å²) in [6.45, 7) is 2.90. The van der Waals surface area contributed by atoms with Gasteiger partial charge in [-0.15, -0.1) is 0 Å². The Morgan fingerprint density at radius 1 is 1.07 bits per heavy atom. The van der Waals surface area contributed by atoms with Crippen molar-refractivity contribution in [1.82, 2.24) is 10.3 Å². The highest BCUT2D eigenvalue weighted by Gasteiger charge is 2.35. The van der Waals surface area contributed by atoms with Crippen LogP contribution in [0.25, 0.3) is 0 Å². The summed E-state index contributed by atoms with van der Waals surface area (Å²) in [5, 5.41) is 3.17. The standard InChI is InChI=1S/C24H25N3O3/c1-16-13-19(15-29-2)21-23(25-16)27(14-17-7-5-4-6-8-17)22(26-24(21)28)18-9-11-20(30-3)12-10-18/h4-13,22H,14-15H2,1-3H3,(H,26,28)/t22-/m0/s1. The van der Waals surface area contributed by atoms with Crippen molar-refractivity contribution >= 4 is 11.7 Å². The van der Waals surface area contributed by atoms with E-state index in [1.54, 1.807) is 14.2 Å². The maximum Gasteiger partial charge on any atom is 0.257 e. The van der Waals surface area contributed by atoms with E-state index in [4.69, 9.17) is 14.5 Å². The number of nitrogens with one attached hydrogen (secondary N) is 1. The zero-order chi connectivity index (χ0) is 21.1. The van der Waals surface area contributed by atoms with Gasteiger partial charge in [-0.1, -0.05) is 42.5 Å². The first kappa shape index (κ1) is 19.9. The van der Waals surface area contributed by atoms with E-state index in [1.165, 1.54) is 0 Å². The molecule has 2 aromatic carbocycles. The van der Waals surface area contributed by atoms with Gasteiger partial charge in [0.05, 0.1) is 19.3 Å². The molecule has 1 aliphatic heterocycles. The molecule has 154 valence electrons. The molecule has 4 rings (SSSR count). The van der Waals surface area contributed by atoms with Crippen molar-refractivity contribution in [2.75, 3.05) is 19.1 Å². The Morgan fingerprint density at radius 2 is 1.80 bits per heavy atom. The van der Waals surface area contributed by atoms with Crippen LogP contribution in [0, 0.1) is 6.92 Å². The number of carbonyl (C=O) groups is 1. The first-order valence-electron chi connectivity index (χ1n) is 9.85. The number of aryl methyl sites for hydroxylation is 1. The lowest BCUT2D eigenvalue weighted by Gasteiger charge is -2.39. The fourth-order valence-corrected chi connectivity index (χ4v) is 3.84. The third-order valence-electron chi connectivity index (χ3n) is 5.22. The molecule has 1 aliphatic rings. The Kier molecular flexibility index (Phi) is 5.68. The molecule has 3 aromatic rings. The maximum absolute atomic E-state index is 13.1. The van der Waals surface area contributed by atoms with Crippen LogP contribution in [-0.4, -0.2) is 25.1 Å². The molecule has 0 bridgehead atoms. The number of hydrogen-bond donors (Lipinski definition) is 1. The van der Waals surface area contributed by atoms with Crippen LogP contribution in [0.2, 0.25) is 0 Å². The van der Waals surface area contributed by atoms with Gasteiger partial charge in [0.1, 0.15) is 17.7 Å². The number of rotatable bonds is 6. The van der Waals surface area contributed by atoms with E-state index in [0.717, 1.165) is 28.1 Å². The number of benzene rings is 2. The number of pyridine rings is 1. The third-order valence-corrected chi connectivity index (χ3v) is 5.22. The van der Waals surface area contributed by atoms with E-state index in [9.17, 15) is 4.79 Å². The van der Waals surface area contributed by atoms with Crippen LogP contribution in [0.3, 0.4) is 0 Å². The van der Waals surface area contributed by atoms with Gasteiger partial charge in [0.15, 0.2) is 0 Å². The number of hydrogen-bond acceptors (Lipinski definition) is 5. The van der Waals surface area contributed by atoms with Crippen molar-refractivity contribution in [2.45, 2.75) is 26.2 Å². The average molecular weight is 403 g/mol. The van der Waals surface area contributed by atoms with Gasteiger partial charge in [-0.3, -0.25) is 4.79 Å². The molecular weight excluding hydrogens is 378 g/mol. The summed E-state index contributed by atoms with van der Waals surface area (Å²) >= 11 is 0. The van der Waals surface area contributed by atoms with E-state index in [2.05, 4.69) is 22.3 Å². The molecule has 0 unspecified atom stereocenters. The van der Waals surface area contributed by atoms with Gasteiger partial charge in [-0.2, -0.15) is 0 Å². The number of fused-ring (bicyclic) bond motifs is 1. The Labute approximate surface area is 176 Å². The Hall–Kier alpha value is -3.38. The SMILES string of the molecule is COCc1cc(C)nc2c1C(=O)N[C@H](c1ccc(OC)cc1)N2Cc1ccccc1. The molecule has 30 heavy (non-hydrogen) atoms. The molecule has 2 heterocycles. The Balaban J connectivity index is 1.83. The van der Waals surface area contributed by atoms with E-state index < -0.39 is 0 Å². The summed E-state index contributed by atoms with van der Waals surface area (Å²) in [6, 6.07) is 19.8. The van der Waals surface area contributed by atoms with Crippen molar-refractivity contribution in [3.8, 4) is 5.75 Å². The monoisotopic (exact) mass is 403 g/mol. The molecule has 0 aliphatic carbocycles. The Bertz CT molecular complexity index is 1040. The molecule has 0 spiro atoms. The zero-order valence-electron chi connectivity index (χ0n) is 17.4. The van der Waals surface area contributed by atoms with Crippen molar-refractivity contribution in [3.63, 3.8) is 0 Å². The quantitative estimate of drug-likeness (QED) is 0.674. The van der Waals surface area contributed by atoms with Gasteiger partial charge in [0.2, 0.25) is 0 Å². The van der Waals surface area contributed by atoms with Crippen molar-refractivity contribution in [1.29, 1.82) is 0 Å². The van der Waals surface area contributed by atoms with E-state index in [1.807, 2.05) is 55.5 Å². The van der Waals surface area contributed by atoms with E-state index >= 15 is 0 Å². The molecule has 1 atom stereocenters. The van der Waals surface area contributed by atoms with Crippen molar-refractivity contribution in [2.24, 2.45) is 0 Å². The van der Waals surface area contributed by atoms with Crippen molar-refractivity contribution in [3.05, 3.63) is 88.6 Å². The first-order valence-corrected chi connectivity index (χ1v) is 9.85. The number of anilines is 1. The molecular formula is C24H25N3O3. The van der Waals surface area contributed by atoms with Crippen LogP contribution in [0.15, 0.2) is 60.7 Å². The van der Waals surface area contributed by atoms with Crippen LogP contribution < -0.4 is 15.0 Å². The molecule has 1 amide bonds. The minimum absolute atomic E-state index is 0.144. The minimum Gasteiger partial charge on any atom is -0.497 e. The zero-order valence-corrected chi connectivity index (χ0v) is 17.4. The second kappa shape index (κ2) is 8.55. The van der Waals surface area contributed by atoms with Gasteiger partial charge in [0, 0.05) is 19.3 Å². The summed E-state index contributed by atoms with van der Waals surface area (Å²) < 4.78 is 10.6. The second-order valence-corrected chi connectivity index (χ2v) is 7.32. The predicted molar refractivity (Wildman–Crippen MR) is 116 cm³/mol. The van der Waals surface area contributed by atoms with Crippen LogP contribution >= 0.6 is 0 Å². The smallest absolute Gasteiger partial charge is 0.257 e. The first-order chi connectivity index (χ1) is 14.6. The highest BCUT2D eigenvalue weighted by Crippen LogP contribution is 2.35. The number of nitrogens with zero attached hydrogens (tertiary/aromatic N) is 2. The predicted octanol–water partition coefficient (Wildman–Crippen LogP) is 3.99. The lowest BCUT2D eigenvalue weighted by Crippen LogP contribution is -2.47. The minimum atomic E-state index is -0.346. The highest BCUT2D eigenvalue weighted by molar-refractivity contribution is 6.02. The summed E-state index contributed by atoms with van der Waals surface area (Å²) in [5.74, 6) is 1.30. The lowest BCUT2D eigenvalue weighted by molar-refractivity contribution is 0.0919. The molecule has 0 saturated heterocycles. The van der Waals surface area contributed by atoms with Gasteiger partial charge in [0.25, 0.3) is 5.91 Å². The lowest BCUT2D eigenvalue weighted by atomic mass is 10.0. The fourth-order valence-electron chi connectivity index (χ4n) is 3.84. The van der Waals surface area contributed by atoms with Crippen LogP contribution in [0.4, 0.5) is 5.82 Å². The van der Waals surface area contributed by atoms with E-state index in [0.29, 0.717) is 24.5 Å². The van der Waals surface area contributed by atoms with Crippen LogP contribution in [0.5, 0.6) is 5.75 Å². The number of aromatic nitrogens is 1. The molecule has 0 fully saturated rings. The summed E-state index contributed by atoms with van der Waals surface area (Å²) in [7, 11) is 3.27. The average Bonchev–Trinajstić information content (AvgIpc) is 2.76. The second-order valence-electron chi connectivity index (χ2n) is 7.32. The number of ether oxygens (including phenoxy) is 2. The van der Waals surface area contributed by atoms with Crippen LogP contribution in [-0.2, 0) is 17.9 Å². The Morgan fingerprint density at radius 3 is 2.47 bits per heavy atom. The molecule has 6 heteroatoms. The molecule has 1 aromatic heterocycles. The van der Waals surface area contributed by atoms with Gasteiger partial charge >= 0.3 is 0 Å².